The molecule has 0 saturated heterocycles. The Labute approximate surface area is 108 Å². The van der Waals surface area contributed by atoms with E-state index >= 15 is 0 Å². The lowest BCUT2D eigenvalue weighted by molar-refractivity contribution is 0.177. The van der Waals surface area contributed by atoms with E-state index in [0.29, 0.717) is 19.0 Å². The fourth-order valence-electron chi connectivity index (χ4n) is 1.49. The monoisotopic (exact) mass is 296 g/mol. The lowest BCUT2D eigenvalue weighted by atomic mass is 10.2. The first-order valence-electron chi connectivity index (χ1n) is 5.17. The molecule has 0 aliphatic rings. The van der Waals surface area contributed by atoms with Crippen LogP contribution in [0.3, 0.4) is 0 Å². The first-order valence-corrected chi connectivity index (χ1v) is 5.96. The maximum atomic E-state index is 4.97. The van der Waals surface area contributed by atoms with E-state index in [1.165, 1.54) is 0 Å². The van der Waals surface area contributed by atoms with Crippen LogP contribution >= 0.6 is 15.9 Å². The molecular formula is C11H13BrN4O. The van der Waals surface area contributed by atoms with Crippen molar-refractivity contribution in [3.05, 3.63) is 40.1 Å². The molecule has 2 rings (SSSR count). The van der Waals surface area contributed by atoms with Crippen LogP contribution in [-0.4, -0.2) is 26.9 Å². The van der Waals surface area contributed by atoms with Gasteiger partial charge in [0.15, 0.2) is 5.82 Å². The van der Waals surface area contributed by atoms with Crippen molar-refractivity contribution < 1.29 is 4.74 Å². The SMILES string of the molecule is COCc1ncn(Cc2cnc(Br)c(C)c2)n1. The summed E-state index contributed by atoms with van der Waals surface area (Å²) in [4.78, 5) is 8.39. The van der Waals surface area contributed by atoms with Gasteiger partial charge in [-0.3, -0.25) is 0 Å². The second kappa shape index (κ2) is 5.37. The maximum Gasteiger partial charge on any atom is 0.176 e. The van der Waals surface area contributed by atoms with Crippen molar-refractivity contribution in [3.63, 3.8) is 0 Å². The van der Waals surface area contributed by atoms with Crippen LogP contribution in [0.25, 0.3) is 0 Å². The summed E-state index contributed by atoms with van der Waals surface area (Å²) in [5.41, 5.74) is 2.21. The number of hydrogen-bond donors (Lipinski definition) is 0. The van der Waals surface area contributed by atoms with E-state index in [9.17, 15) is 0 Å². The predicted octanol–water partition coefficient (Wildman–Crippen LogP) is 1.94. The number of halogens is 1. The van der Waals surface area contributed by atoms with Gasteiger partial charge in [0, 0.05) is 13.3 Å². The number of aromatic nitrogens is 4. The number of hydrogen-bond acceptors (Lipinski definition) is 4. The highest BCUT2D eigenvalue weighted by atomic mass is 79.9. The van der Waals surface area contributed by atoms with E-state index in [-0.39, 0.29) is 0 Å². The standard InChI is InChI=1S/C11H13BrN4O/c1-8-3-9(4-13-11(8)12)5-16-7-14-10(15-16)6-17-2/h3-4,7H,5-6H2,1-2H3. The number of methoxy groups -OCH3 is 1. The van der Waals surface area contributed by atoms with Crippen molar-refractivity contribution in [2.24, 2.45) is 0 Å². The van der Waals surface area contributed by atoms with Crippen molar-refractivity contribution in [2.75, 3.05) is 7.11 Å². The number of pyridine rings is 1. The first kappa shape index (κ1) is 12.2. The van der Waals surface area contributed by atoms with Gasteiger partial charge in [-0.2, -0.15) is 5.10 Å². The smallest absolute Gasteiger partial charge is 0.176 e. The molecule has 0 amide bonds. The third-order valence-corrected chi connectivity index (χ3v) is 3.10. The van der Waals surface area contributed by atoms with Gasteiger partial charge >= 0.3 is 0 Å². The maximum absolute atomic E-state index is 4.97. The Kier molecular flexibility index (Phi) is 3.86. The average molecular weight is 297 g/mol. The molecule has 0 atom stereocenters. The van der Waals surface area contributed by atoms with E-state index in [1.807, 2.05) is 13.1 Å². The van der Waals surface area contributed by atoms with Gasteiger partial charge in [0.1, 0.15) is 17.5 Å². The molecule has 2 aromatic heterocycles. The summed E-state index contributed by atoms with van der Waals surface area (Å²) >= 11 is 3.38. The molecule has 17 heavy (non-hydrogen) atoms. The van der Waals surface area contributed by atoms with Gasteiger partial charge in [-0.25, -0.2) is 14.6 Å². The Morgan fingerprint density at radius 3 is 2.94 bits per heavy atom. The third-order valence-electron chi connectivity index (χ3n) is 2.27. The second-order valence-corrected chi connectivity index (χ2v) is 4.49. The van der Waals surface area contributed by atoms with E-state index in [4.69, 9.17) is 4.74 Å². The molecular weight excluding hydrogens is 284 g/mol. The molecule has 2 heterocycles. The van der Waals surface area contributed by atoms with Gasteiger partial charge in [0.2, 0.25) is 0 Å². The molecule has 0 aliphatic carbocycles. The van der Waals surface area contributed by atoms with Crippen LogP contribution in [0.5, 0.6) is 0 Å². The molecule has 0 fully saturated rings. The van der Waals surface area contributed by atoms with Gasteiger partial charge < -0.3 is 4.74 Å². The molecule has 2 aromatic rings. The van der Waals surface area contributed by atoms with Crippen LogP contribution in [0.2, 0.25) is 0 Å². The molecule has 90 valence electrons. The summed E-state index contributed by atoms with van der Waals surface area (Å²) in [5.74, 6) is 0.689. The van der Waals surface area contributed by atoms with Crippen LogP contribution in [0.15, 0.2) is 23.2 Å². The van der Waals surface area contributed by atoms with Crippen molar-refractivity contribution in [1.29, 1.82) is 0 Å². The largest absolute Gasteiger partial charge is 0.377 e. The van der Waals surface area contributed by atoms with Crippen molar-refractivity contribution in [2.45, 2.75) is 20.1 Å². The minimum absolute atomic E-state index is 0.435. The Morgan fingerprint density at radius 1 is 1.41 bits per heavy atom. The zero-order valence-electron chi connectivity index (χ0n) is 9.72. The molecule has 0 N–H and O–H groups in total. The molecule has 0 unspecified atom stereocenters. The highest BCUT2D eigenvalue weighted by molar-refractivity contribution is 9.10. The van der Waals surface area contributed by atoms with Gasteiger partial charge in [-0.05, 0) is 40.0 Å². The van der Waals surface area contributed by atoms with Gasteiger partial charge in [-0.1, -0.05) is 0 Å². The van der Waals surface area contributed by atoms with Gasteiger partial charge in [0.05, 0.1) is 6.54 Å². The van der Waals surface area contributed by atoms with E-state index in [1.54, 1.807) is 18.1 Å². The Morgan fingerprint density at radius 2 is 2.24 bits per heavy atom. The quantitative estimate of drug-likeness (QED) is 0.809. The predicted molar refractivity (Wildman–Crippen MR) is 66.5 cm³/mol. The van der Waals surface area contributed by atoms with Crippen LogP contribution in [-0.2, 0) is 17.9 Å². The lowest BCUT2D eigenvalue weighted by Crippen LogP contribution is -2.02. The van der Waals surface area contributed by atoms with Crippen molar-refractivity contribution in [1.82, 2.24) is 19.7 Å². The van der Waals surface area contributed by atoms with Gasteiger partial charge in [-0.15, -0.1) is 0 Å². The normalized spacial score (nSPS) is 10.8. The number of rotatable bonds is 4. The Bertz CT molecular complexity index is 512. The minimum atomic E-state index is 0.435. The third kappa shape index (κ3) is 3.10. The summed E-state index contributed by atoms with van der Waals surface area (Å²) < 4.78 is 7.62. The van der Waals surface area contributed by atoms with E-state index < -0.39 is 0 Å². The van der Waals surface area contributed by atoms with Crippen molar-refractivity contribution >= 4 is 15.9 Å². The molecule has 5 nitrogen and oxygen atoms in total. The highest BCUT2D eigenvalue weighted by Gasteiger charge is 2.03. The minimum Gasteiger partial charge on any atom is -0.377 e. The first-order chi connectivity index (χ1) is 8.19. The van der Waals surface area contributed by atoms with Crippen molar-refractivity contribution in [3.8, 4) is 0 Å². The highest BCUT2D eigenvalue weighted by Crippen LogP contribution is 2.14. The topological polar surface area (TPSA) is 52.8 Å². The zero-order valence-corrected chi connectivity index (χ0v) is 11.3. The lowest BCUT2D eigenvalue weighted by Gasteiger charge is -2.03. The summed E-state index contributed by atoms with van der Waals surface area (Å²) in [5, 5.41) is 4.29. The van der Waals surface area contributed by atoms with Crippen LogP contribution in [0, 0.1) is 6.92 Å². The number of nitrogens with zero attached hydrogens (tertiary/aromatic N) is 4. The molecule has 0 aromatic carbocycles. The summed E-state index contributed by atoms with van der Waals surface area (Å²) in [6, 6.07) is 2.08. The number of aryl methyl sites for hydroxylation is 1. The van der Waals surface area contributed by atoms with Crippen LogP contribution in [0.1, 0.15) is 17.0 Å². The van der Waals surface area contributed by atoms with Gasteiger partial charge in [0.25, 0.3) is 0 Å². The summed E-state index contributed by atoms with van der Waals surface area (Å²) in [6.07, 6.45) is 3.53. The fraction of sp³-hybridized carbons (Fsp3) is 0.364. The zero-order chi connectivity index (χ0) is 12.3. The number of ether oxygens (including phenoxy) is 1. The molecule has 0 spiro atoms. The summed E-state index contributed by atoms with van der Waals surface area (Å²) in [7, 11) is 1.63. The van der Waals surface area contributed by atoms with Crippen LogP contribution < -0.4 is 0 Å². The molecule has 0 bridgehead atoms. The van der Waals surface area contributed by atoms with E-state index in [0.717, 1.165) is 15.7 Å². The summed E-state index contributed by atoms with van der Waals surface area (Å²) in [6.45, 7) is 3.11. The molecule has 0 saturated carbocycles. The molecule has 0 radical (unpaired) electrons. The Balaban J connectivity index is 2.11. The molecule has 0 aliphatic heterocycles. The fourth-order valence-corrected chi connectivity index (χ4v) is 1.71. The second-order valence-electron chi connectivity index (χ2n) is 3.74. The average Bonchev–Trinajstić information content (AvgIpc) is 2.72. The van der Waals surface area contributed by atoms with Crippen LogP contribution in [0.4, 0.5) is 0 Å². The molecule has 6 heteroatoms. The van der Waals surface area contributed by atoms with E-state index in [2.05, 4.69) is 37.1 Å². The Hall–Kier alpha value is -1.27.